The van der Waals surface area contributed by atoms with Crippen LogP contribution >= 0.6 is 0 Å². The highest BCUT2D eigenvalue weighted by atomic mass is 16.5. The van der Waals surface area contributed by atoms with Crippen LogP contribution in [0.1, 0.15) is 119 Å². The molecule has 0 saturated heterocycles. The lowest BCUT2D eigenvalue weighted by Gasteiger charge is -2.58. The van der Waals surface area contributed by atoms with E-state index in [1.807, 2.05) is 0 Å². The number of Topliss-reactive ketones (excluding diaryl/α,β-unsaturated/α-hetero) is 1. The van der Waals surface area contributed by atoms with Gasteiger partial charge in [0, 0.05) is 13.0 Å². The van der Waals surface area contributed by atoms with Gasteiger partial charge in [-0.05, 0) is 105 Å². The van der Waals surface area contributed by atoms with E-state index in [1.165, 1.54) is 57.8 Å². The second kappa shape index (κ2) is 13.8. The van der Waals surface area contributed by atoms with Crippen LogP contribution in [-0.2, 0) is 19.1 Å². The molecule has 0 aromatic rings. The molecule has 1 amide bonds. The van der Waals surface area contributed by atoms with Crippen LogP contribution in [0.4, 0.5) is 0 Å². The number of ether oxygens (including phenoxy) is 2. The zero-order valence-corrected chi connectivity index (χ0v) is 26.6. The van der Waals surface area contributed by atoms with Crippen LogP contribution in [0.15, 0.2) is 11.6 Å². The Morgan fingerprint density at radius 1 is 1.02 bits per heavy atom. The average Bonchev–Trinajstić information content (AvgIpc) is 3.26. The number of amides is 1. The molecule has 4 rings (SSSR count). The van der Waals surface area contributed by atoms with Crippen molar-refractivity contribution in [1.29, 1.82) is 0 Å². The Morgan fingerprint density at radius 3 is 2.58 bits per heavy atom. The van der Waals surface area contributed by atoms with Gasteiger partial charge in [-0.25, -0.2) is 0 Å². The monoisotopic (exact) mass is 557 g/mol. The number of hydrogen-bond donors (Lipinski definition) is 1. The lowest BCUT2D eigenvalue weighted by molar-refractivity contribution is -0.129. The molecule has 0 aromatic carbocycles. The summed E-state index contributed by atoms with van der Waals surface area (Å²) in [5.74, 6) is 5.19. The summed E-state index contributed by atoms with van der Waals surface area (Å²) in [6, 6.07) is 0. The third-order valence-electron chi connectivity index (χ3n) is 11.9. The lowest BCUT2D eigenvalue weighted by Crippen LogP contribution is -2.51. The maximum atomic E-state index is 12.3. The summed E-state index contributed by atoms with van der Waals surface area (Å²) in [4.78, 5) is 23.3. The van der Waals surface area contributed by atoms with Crippen molar-refractivity contribution < 1.29 is 19.1 Å². The van der Waals surface area contributed by atoms with E-state index in [1.54, 1.807) is 12.5 Å². The van der Waals surface area contributed by atoms with E-state index in [4.69, 9.17) is 9.47 Å². The molecule has 3 saturated carbocycles. The van der Waals surface area contributed by atoms with Gasteiger partial charge >= 0.3 is 0 Å². The first-order valence-corrected chi connectivity index (χ1v) is 16.7. The normalized spacial score (nSPS) is 35.9. The van der Waals surface area contributed by atoms with Crippen molar-refractivity contribution in [3.63, 3.8) is 0 Å². The molecule has 3 fully saturated rings. The number of hydrogen-bond acceptors (Lipinski definition) is 4. The highest BCUT2D eigenvalue weighted by Crippen LogP contribution is 2.67. The molecule has 5 heteroatoms. The minimum absolute atomic E-state index is 0.0815. The van der Waals surface area contributed by atoms with Gasteiger partial charge < -0.3 is 14.8 Å². The second-order valence-electron chi connectivity index (χ2n) is 14.9. The molecule has 0 aromatic heterocycles. The quantitative estimate of drug-likeness (QED) is 0.177. The molecule has 40 heavy (non-hydrogen) atoms. The maximum Gasteiger partial charge on any atom is 0.246 e. The third-order valence-corrected chi connectivity index (χ3v) is 11.9. The van der Waals surface area contributed by atoms with E-state index in [-0.39, 0.29) is 24.4 Å². The average molecular weight is 558 g/mol. The van der Waals surface area contributed by atoms with Crippen LogP contribution in [0.25, 0.3) is 0 Å². The molecular formula is C35H59NO4. The van der Waals surface area contributed by atoms with Crippen molar-refractivity contribution in [3.8, 4) is 0 Å². The molecule has 1 unspecified atom stereocenters. The number of fused-ring (bicyclic) bond motifs is 5. The molecule has 0 bridgehead atoms. The van der Waals surface area contributed by atoms with Crippen LogP contribution in [-0.4, -0.2) is 44.2 Å². The van der Waals surface area contributed by atoms with Crippen LogP contribution in [0, 0.1) is 46.3 Å². The van der Waals surface area contributed by atoms with Crippen molar-refractivity contribution in [2.75, 3.05) is 26.4 Å². The molecule has 0 heterocycles. The molecule has 8 atom stereocenters. The largest absolute Gasteiger partial charge is 0.379 e. The predicted octanol–water partition coefficient (Wildman–Crippen LogP) is 7.52. The van der Waals surface area contributed by atoms with Gasteiger partial charge in [0.25, 0.3) is 0 Å². The summed E-state index contributed by atoms with van der Waals surface area (Å²) >= 11 is 0. The van der Waals surface area contributed by atoms with Gasteiger partial charge in [0.1, 0.15) is 12.4 Å². The van der Waals surface area contributed by atoms with E-state index in [9.17, 15) is 9.59 Å². The summed E-state index contributed by atoms with van der Waals surface area (Å²) in [7, 11) is 0. The number of nitrogens with one attached hydrogen (secondary N) is 1. The van der Waals surface area contributed by atoms with Crippen molar-refractivity contribution in [2.45, 2.75) is 125 Å². The Morgan fingerprint density at radius 2 is 1.82 bits per heavy atom. The van der Waals surface area contributed by atoms with Crippen LogP contribution in [0.5, 0.6) is 0 Å². The summed E-state index contributed by atoms with van der Waals surface area (Å²) in [5.41, 5.74) is 2.46. The van der Waals surface area contributed by atoms with Gasteiger partial charge in [-0.3, -0.25) is 9.59 Å². The van der Waals surface area contributed by atoms with Crippen LogP contribution in [0.2, 0.25) is 0 Å². The van der Waals surface area contributed by atoms with Crippen molar-refractivity contribution in [1.82, 2.24) is 5.32 Å². The zero-order chi connectivity index (χ0) is 28.9. The molecule has 0 aliphatic heterocycles. The smallest absolute Gasteiger partial charge is 0.246 e. The fourth-order valence-electron chi connectivity index (χ4n) is 9.62. The van der Waals surface area contributed by atoms with Gasteiger partial charge in [-0.15, -0.1) is 0 Å². The highest BCUT2D eigenvalue weighted by molar-refractivity contribution is 5.77. The molecular weight excluding hydrogens is 498 g/mol. The number of allylic oxidation sites excluding steroid dienone is 1. The zero-order valence-electron chi connectivity index (χ0n) is 26.6. The minimum Gasteiger partial charge on any atom is -0.379 e. The molecule has 228 valence electrons. The number of ketones is 1. The van der Waals surface area contributed by atoms with Crippen LogP contribution < -0.4 is 5.32 Å². The van der Waals surface area contributed by atoms with E-state index in [0.29, 0.717) is 37.0 Å². The first-order chi connectivity index (χ1) is 19.0. The van der Waals surface area contributed by atoms with Crippen LogP contribution in [0.3, 0.4) is 0 Å². The van der Waals surface area contributed by atoms with E-state index in [0.717, 1.165) is 48.3 Å². The SMILES string of the molecule is CC(=O)CCOCCNC(=O)COC1CC[C@@]2(C)C(=CC[C@H]3[C@@H]4CC[C@H]([C@H](C)CCCC(C)C)[C@@]4(C)CC[C@@H]32)C1. The number of carbonyl (C=O) groups excluding carboxylic acids is 2. The summed E-state index contributed by atoms with van der Waals surface area (Å²) in [6.45, 7) is 15.5. The van der Waals surface area contributed by atoms with E-state index < -0.39 is 0 Å². The van der Waals surface area contributed by atoms with Gasteiger partial charge in [0.15, 0.2) is 0 Å². The molecule has 1 N–H and O–H groups in total. The number of rotatable bonds is 14. The summed E-state index contributed by atoms with van der Waals surface area (Å²) in [5, 5.41) is 2.88. The van der Waals surface area contributed by atoms with Crippen molar-refractivity contribution in [2.24, 2.45) is 46.3 Å². The van der Waals surface area contributed by atoms with Gasteiger partial charge in [-0.2, -0.15) is 0 Å². The Hall–Kier alpha value is -1.20. The molecule has 0 radical (unpaired) electrons. The first-order valence-electron chi connectivity index (χ1n) is 16.7. The molecule has 4 aliphatic carbocycles. The molecule has 0 spiro atoms. The Labute approximate surface area is 245 Å². The highest BCUT2D eigenvalue weighted by Gasteiger charge is 2.59. The van der Waals surface area contributed by atoms with Crippen molar-refractivity contribution >= 4 is 11.7 Å². The first kappa shape index (κ1) is 31.7. The summed E-state index contributed by atoms with van der Waals surface area (Å²) in [6.07, 6.45) is 17.5. The molecule has 5 nitrogen and oxygen atoms in total. The topological polar surface area (TPSA) is 64.6 Å². The number of carbonyl (C=O) groups is 2. The fraction of sp³-hybridized carbons (Fsp3) is 0.886. The third kappa shape index (κ3) is 7.22. The molecule has 4 aliphatic rings. The fourth-order valence-corrected chi connectivity index (χ4v) is 9.62. The van der Waals surface area contributed by atoms with Gasteiger partial charge in [0.05, 0.1) is 19.3 Å². The van der Waals surface area contributed by atoms with E-state index >= 15 is 0 Å². The van der Waals surface area contributed by atoms with Crippen molar-refractivity contribution in [3.05, 3.63) is 11.6 Å². The lowest BCUT2D eigenvalue weighted by atomic mass is 9.47. The van der Waals surface area contributed by atoms with E-state index in [2.05, 4.69) is 46.0 Å². The standard InChI is InChI=1S/C35H59NO4/c1-24(2)8-7-9-25(3)30-12-13-31-29-11-10-27-22-28(14-17-34(27,5)32(29)15-18-35(30,31)6)40-23-33(38)36-19-21-39-20-16-26(4)37/h10,24-25,28-32H,7-9,11-23H2,1-6H3,(H,36,38)/t25-,28?,29+,30-,31+,32+,34+,35-/m1/s1. The van der Waals surface area contributed by atoms with Gasteiger partial charge in [0.2, 0.25) is 5.91 Å². The Kier molecular flexibility index (Phi) is 11.0. The second-order valence-corrected chi connectivity index (χ2v) is 14.9. The van der Waals surface area contributed by atoms with Gasteiger partial charge in [-0.1, -0.05) is 65.5 Å². The Balaban J connectivity index is 1.26. The minimum atomic E-state index is -0.0815. The summed E-state index contributed by atoms with van der Waals surface area (Å²) < 4.78 is 11.5. The Bertz CT molecular complexity index is 898. The predicted molar refractivity (Wildman–Crippen MR) is 162 cm³/mol. The maximum absolute atomic E-state index is 12.3.